The van der Waals surface area contributed by atoms with Gasteiger partial charge >= 0.3 is 11.7 Å². The molecule has 1 saturated heterocycles. The Morgan fingerprint density at radius 1 is 1.23 bits per heavy atom. The van der Waals surface area contributed by atoms with E-state index in [4.69, 9.17) is 35.5 Å². The Hall–Kier alpha value is -4.57. The van der Waals surface area contributed by atoms with Crippen molar-refractivity contribution in [1.29, 1.82) is 0 Å². The van der Waals surface area contributed by atoms with Crippen molar-refractivity contribution in [1.82, 2.24) is 0 Å². The molecule has 2 aromatic carbocycles. The van der Waals surface area contributed by atoms with Gasteiger partial charge in [0.2, 0.25) is 6.29 Å². The van der Waals surface area contributed by atoms with E-state index in [1.165, 1.54) is 31.4 Å². The van der Waals surface area contributed by atoms with Crippen LogP contribution in [-0.4, -0.2) is 59.5 Å². The molecule has 0 spiro atoms. The first-order chi connectivity index (χ1) is 18.9. The molecule has 1 aromatic heterocycles. The first-order valence-electron chi connectivity index (χ1n) is 12.1. The normalized spacial score (nSPS) is 21.8. The van der Waals surface area contributed by atoms with Crippen molar-refractivity contribution >= 4 is 28.7 Å². The minimum Gasteiger partial charge on any atom is -0.505 e. The summed E-state index contributed by atoms with van der Waals surface area (Å²) in [4.78, 5) is 37.0. The van der Waals surface area contributed by atoms with Gasteiger partial charge in [0.05, 0.1) is 11.0 Å². The van der Waals surface area contributed by atoms with Gasteiger partial charge in [-0.3, -0.25) is 4.79 Å². The van der Waals surface area contributed by atoms with E-state index in [0.717, 1.165) is 0 Å². The fraction of sp³-hybridized carbons (Fsp3) is 0.321. The zero-order chi connectivity index (χ0) is 29.4. The van der Waals surface area contributed by atoms with Crippen molar-refractivity contribution < 1.29 is 43.2 Å². The van der Waals surface area contributed by atoms with Crippen LogP contribution in [0, 0.1) is 19.3 Å². The Kier molecular flexibility index (Phi) is 7.75. The second-order valence-corrected chi connectivity index (χ2v) is 9.61. The highest BCUT2D eigenvalue weighted by atomic mass is 16.7. The number of primary amides is 1. The van der Waals surface area contributed by atoms with Crippen molar-refractivity contribution in [3.63, 3.8) is 0 Å². The summed E-state index contributed by atoms with van der Waals surface area (Å²) in [5, 5.41) is 24.2. The quantitative estimate of drug-likeness (QED) is 0.262. The van der Waals surface area contributed by atoms with Crippen LogP contribution < -0.4 is 21.4 Å². The van der Waals surface area contributed by atoms with Crippen LogP contribution in [0.25, 0.3) is 11.0 Å². The van der Waals surface area contributed by atoms with Crippen LogP contribution in [0.1, 0.15) is 35.3 Å². The van der Waals surface area contributed by atoms with Crippen LogP contribution in [0.3, 0.4) is 0 Å². The summed E-state index contributed by atoms with van der Waals surface area (Å²) >= 11 is 0. The lowest BCUT2D eigenvalue weighted by atomic mass is 9.89. The number of benzene rings is 2. The maximum atomic E-state index is 12.8. The van der Waals surface area contributed by atoms with Crippen molar-refractivity contribution in [3.8, 4) is 23.8 Å². The number of aromatic hydroxyl groups is 1. The lowest BCUT2D eigenvalue weighted by Crippen LogP contribution is -2.65. The summed E-state index contributed by atoms with van der Waals surface area (Å²) in [6, 6.07) is 9.04. The number of hydrogen-bond donors (Lipinski definition) is 4. The number of carbonyl (C=O) groups is 2. The molecule has 12 nitrogen and oxygen atoms in total. The van der Waals surface area contributed by atoms with Crippen LogP contribution in [0.15, 0.2) is 45.6 Å². The summed E-state index contributed by atoms with van der Waals surface area (Å²) in [5.74, 6) is 1.35. The molecule has 2 amide bonds. The van der Waals surface area contributed by atoms with E-state index >= 15 is 0 Å². The van der Waals surface area contributed by atoms with Gasteiger partial charge in [-0.1, -0.05) is 12.0 Å². The predicted octanol–water partition coefficient (Wildman–Crippen LogP) is 2.39. The number of aliphatic hydroxyl groups excluding tert-OH is 1. The second-order valence-electron chi connectivity index (χ2n) is 9.61. The Bertz CT molecular complexity index is 1570. The minimum absolute atomic E-state index is 0.0309. The number of carbonyl (C=O) groups excluding carboxylic acids is 2. The largest absolute Gasteiger partial charge is 0.505 e. The highest BCUT2D eigenvalue weighted by Crippen LogP contribution is 2.38. The lowest BCUT2D eigenvalue weighted by molar-refractivity contribution is -0.304. The molecule has 4 rings (SSSR count). The van der Waals surface area contributed by atoms with Gasteiger partial charge in [0.1, 0.15) is 17.4 Å². The van der Waals surface area contributed by atoms with E-state index in [1.807, 2.05) is 0 Å². The molecule has 12 heteroatoms. The number of fused-ring (bicyclic) bond motifs is 1. The molecule has 4 atom stereocenters. The van der Waals surface area contributed by atoms with Crippen LogP contribution in [0.5, 0.6) is 11.5 Å². The third kappa shape index (κ3) is 5.30. The molecular weight excluding hydrogens is 524 g/mol. The molecule has 1 aliphatic rings. The number of hydrogen-bond acceptors (Lipinski definition) is 10. The molecule has 2 heterocycles. The van der Waals surface area contributed by atoms with Gasteiger partial charge in [0, 0.05) is 23.8 Å². The number of anilines is 1. The molecule has 5 N–H and O–H groups in total. The van der Waals surface area contributed by atoms with Gasteiger partial charge in [-0.25, -0.2) is 9.59 Å². The Labute approximate surface area is 228 Å². The van der Waals surface area contributed by atoms with Gasteiger partial charge in [-0.2, -0.15) is 0 Å². The number of aliphatic hydroxyl groups is 1. The molecule has 0 saturated carbocycles. The smallest absolute Gasteiger partial charge is 0.404 e. The molecule has 0 radical (unpaired) electrons. The van der Waals surface area contributed by atoms with Crippen molar-refractivity contribution in [2.45, 2.75) is 51.0 Å². The average Bonchev–Trinajstić information content (AvgIpc) is 2.90. The van der Waals surface area contributed by atoms with Gasteiger partial charge < -0.3 is 44.6 Å². The van der Waals surface area contributed by atoms with Crippen LogP contribution in [0.2, 0.25) is 0 Å². The van der Waals surface area contributed by atoms with Crippen molar-refractivity contribution in [2.24, 2.45) is 5.73 Å². The van der Waals surface area contributed by atoms with E-state index in [2.05, 4.69) is 11.2 Å². The molecule has 1 aliphatic heterocycles. The minimum atomic E-state index is -1.51. The molecule has 210 valence electrons. The van der Waals surface area contributed by atoms with Crippen LogP contribution in [0.4, 0.5) is 10.5 Å². The third-order valence-corrected chi connectivity index (χ3v) is 6.55. The first-order valence-corrected chi connectivity index (χ1v) is 12.1. The Balaban J connectivity index is 1.65. The molecule has 0 unspecified atom stereocenters. The van der Waals surface area contributed by atoms with E-state index in [1.54, 1.807) is 32.9 Å². The highest BCUT2D eigenvalue weighted by Gasteiger charge is 2.53. The summed E-state index contributed by atoms with van der Waals surface area (Å²) in [6.07, 6.45) is -0.682. The molecule has 3 aromatic rings. The fourth-order valence-corrected chi connectivity index (χ4v) is 4.61. The Morgan fingerprint density at radius 3 is 2.60 bits per heavy atom. The van der Waals surface area contributed by atoms with Gasteiger partial charge in [-0.15, -0.1) is 6.42 Å². The fourth-order valence-electron chi connectivity index (χ4n) is 4.61. The molecule has 0 aliphatic carbocycles. The topological polar surface area (TPSA) is 180 Å². The number of amides is 2. The van der Waals surface area contributed by atoms with Crippen molar-refractivity contribution in [3.05, 3.63) is 63.5 Å². The van der Waals surface area contributed by atoms with Crippen molar-refractivity contribution in [2.75, 3.05) is 12.4 Å². The number of aryl methyl sites for hydroxylation is 1. The van der Waals surface area contributed by atoms with E-state index < -0.39 is 59.3 Å². The molecular formula is C28H28N2O10. The average molecular weight is 553 g/mol. The van der Waals surface area contributed by atoms with E-state index in [0.29, 0.717) is 5.56 Å². The number of nitrogens with two attached hydrogens (primary N) is 1. The van der Waals surface area contributed by atoms with Gasteiger partial charge in [0.25, 0.3) is 5.91 Å². The summed E-state index contributed by atoms with van der Waals surface area (Å²) in [7, 11) is 1.37. The zero-order valence-electron chi connectivity index (χ0n) is 22.1. The monoisotopic (exact) mass is 552 g/mol. The summed E-state index contributed by atoms with van der Waals surface area (Å²) < 4.78 is 27.7. The summed E-state index contributed by atoms with van der Waals surface area (Å²) in [5.41, 5.74) is 3.52. The number of nitrogens with one attached hydrogen (secondary N) is 1. The number of ether oxygens (including phenoxy) is 4. The van der Waals surface area contributed by atoms with Gasteiger partial charge in [-0.05, 0) is 51.1 Å². The molecule has 40 heavy (non-hydrogen) atoms. The first kappa shape index (κ1) is 28.4. The third-order valence-electron chi connectivity index (χ3n) is 6.55. The second kappa shape index (κ2) is 10.9. The SMILES string of the molecule is C#Cc1cccc(C(=O)Nc2c(O)c3ccc(O[C@@H]4OC(C)(C)[C@H](OC)[C@@H](OC(N)=O)[C@H]4O)c(C)c3oc2=O)c1. The van der Waals surface area contributed by atoms with Crippen LogP contribution >= 0.6 is 0 Å². The zero-order valence-corrected chi connectivity index (χ0v) is 22.1. The number of terminal acetylenes is 1. The predicted molar refractivity (Wildman–Crippen MR) is 142 cm³/mol. The van der Waals surface area contributed by atoms with Gasteiger partial charge in [0.15, 0.2) is 23.6 Å². The molecule has 0 bridgehead atoms. The number of rotatable bonds is 6. The number of methoxy groups -OCH3 is 1. The maximum absolute atomic E-state index is 12.8. The van der Waals surface area contributed by atoms with E-state index in [-0.39, 0.29) is 27.8 Å². The Morgan fingerprint density at radius 2 is 1.95 bits per heavy atom. The highest BCUT2D eigenvalue weighted by molar-refractivity contribution is 6.06. The standard InChI is InChI=1S/C28H28N2O10/c1-6-14-8-7-9-15(12-14)24(33)30-18-19(31)16-10-11-17(13(2)21(16)38-25(18)34)37-26-20(32)22(39-27(29)35)23(36-5)28(3,4)40-26/h1,7-12,20,22-23,26,31-32H,2-5H3,(H2,29,35)(H,30,33)/t20-,22+,23-,26-/m1/s1. The van der Waals surface area contributed by atoms with E-state index in [9.17, 15) is 24.6 Å². The summed E-state index contributed by atoms with van der Waals surface area (Å²) in [6.45, 7) is 4.87. The van der Waals surface area contributed by atoms with Crippen LogP contribution in [-0.2, 0) is 14.2 Å². The lowest BCUT2D eigenvalue weighted by Gasteiger charge is -2.47. The molecule has 1 fully saturated rings. The maximum Gasteiger partial charge on any atom is 0.404 e.